The summed E-state index contributed by atoms with van der Waals surface area (Å²) < 4.78 is 7.34. The Morgan fingerprint density at radius 1 is 1.10 bits per heavy atom. The maximum Gasteiger partial charge on any atom is 0.146 e. The molecule has 2 fully saturated rings. The normalized spacial score (nSPS) is 26.6. The highest BCUT2D eigenvalue weighted by Gasteiger charge is 2.45. The summed E-state index contributed by atoms with van der Waals surface area (Å²) in [5, 5.41) is 0.929. The highest BCUT2D eigenvalue weighted by molar-refractivity contribution is 6.00. The van der Waals surface area contributed by atoms with Crippen molar-refractivity contribution in [3.8, 4) is 16.9 Å². The van der Waals surface area contributed by atoms with E-state index in [4.69, 9.17) is 26.2 Å². The highest BCUT2D eigenvalue weighted by atomic mass is 16.5. The van der Waals surface area contributed by atoms with Crippen molar-refractivity contribution >= 4 is 16.9 Å². The fourth-order valence-electron chi connectivity index (χ4n) is 5.44. The van der Waals surface area contributed by atoms with Crippen LogP contribution in [0.3, 0.4) is 0 Å². The molecule has 2 saturated carbocycles. The second-order valence-electron chi connectivity index (χ2n) is 8.99. The third kappa shape index (κ3) is 3.06. The molecule has 6 heteroatoms. The molecule has 0 radical (unpaired) electrons. The SMILES string of the molecule is COc1ccc(-c2cn(C)c3nc(C4CCC5(CC4)CC(N)C5)nc(N)c23)cc1. The van der Waals surface area contributed by atoms with Crippen molar-refractivity contribution in [2.45, 2.75) is 50.5 Å². The average molecular weight is 392 g/mol. The molecule has 0 aliphatic heterocycles. The summed E-state index contributed by atoms with van der Waals surface area (Å²) in [5.74, 6) is 2.70. The summed E-state index contributed by atoms with van der Waals surface area (Å²) in [6, 6.07) is 8.43. The Kier molecular flexibility index (Phi) is 4.28. The molecule has 0 saturated heterocycles. The lowest BCUT2D eigenvalue weighted by Gasteiger charge is -2.50. The van der Waals surface area contributed by atoms with Crippen molar-refractivity contribution in [2.24, 2.45) is 18.2 Å². The van der Waals surface area contributed by atoms with E-state index in [9.17, 15) is 0 Å². The van der Waals surface area contributed by atoms with E-state index in [2.05, 4.69) is 10.8 Å². The molecule has 0 atom stereocenters. The molecule has 0 amide bonds. The van der Waals surface area contributed by atoms with Crippen molar-refractivity contribution < 1.29 is 4.74 Å². The van der Waals surface area contributed by atoms with E-state index < -0.39 is 0 Å². The predicted octanol–water partition coefficient (Wildman–Crippen LogP) is 3.99. The number of aryl methyl sites for hydroxylation is 1. The Bertz CT molecular complexity index is 1040. The molecular weight excluding hydrogens is 362 g/mol. The van der Waals surface area contributed by atoms with E-state index in [0.29, 0.717) is 23.2 Å². The maximum absolute atomic E-state index is 6.47. The first-order chi connectivity index (χ1) is 14.0. The Morgan fingerprint density at radius 3 is 2.41 bits per heavy atom. The Morgan fingerprint density at radius 2 is 1.79 bits per heavy atom. The number of nitrogens with two attached hydrogens (primary N) is 2. The molecule has 3 aromatic rings. The van der Waals surface area contributed by atoms with E-state index in [1.165, 1.54) is 25.7 Å². The van der Waals surface area contributed by atoms with Crippen LogP contribution < -0.4 is 16.2 Å². The molecule has 6 nitrogen and oxygen atoms in total. The molecule has 2 heterocycles. The van der Waals surface area contributed by atoms with Gasteiger partial charge in [0.25, 0.3) is 0 Å². The predicted molar refractivity (Wildman–Crippen MR) is 116 cm³/mol. The van der Waals surface area contributed by atoms with Crippen molar-refractivity contribution in [1.29, 1.82) is 0 Å². The lowest BCUT2D eigenvalue weighted by atomic mass is 9.57. The van der Waals surface area contributed by atoms with Gasteiger partial charge in [0.1, 0.15) is 23.0 Å². The second kappa shape index (κ2) is 6.73. The molecule has 1 spiro atoms. The minimum Gasteiger partial charge on any atom is -0.497 e. The molecule has 2 aliphatic rings. The number of nitrogen functional groups attached to an aromatic ring is 1. The molecule has 152 valence electrons. The third-order valence-electron chi connectivity index (χ3n) is 7.06. The largest absolute Gasteiger partial charge is 0.497 e. The molecule has 0 bridgehead atoms. The molecule has 0 unspecified atom stereocenters. The van der Waals surface area contributed by atoms with Crippen molar-refractivity contribution in [1.82, 2.24) is 14.5 Å². The summed E-state index contributed by atoms with van der Waals surface area (Å²) in [6.07, 6.45) is 9.19. The number of benzene rings is 1. The first-order valence-corrected chi connectivity index (χ1v) is 10.5. The quantitative estimate of drug-likeness (QED) is 0.704. The van der Waals surface area contributed by atoms with E-state index in [1.807, 2.05) is 31.3 Å². The van der Waals surface area contributed by atoms with E-state index in [1.54, 1.807) is 7.11 Å². The summed E-state index contributed by atoms with van der Waals surface area (Å²) >= 11 is 0. The number of ether oxygens (including phenoxy) is 1. The zero-order chi connectivity index (χ0) is 20.2. The van der Waals surface area contributed by atoms with Gasteiger partial charge in [-0.15, -0.1) is 0 Å². The van der Waals surface area contributed by atoms with Crippen LogP contribution in [0.2, 0.25) is 0 Å². The van der Waals surface area contributed by atoms with Gasteiger partial charge in [-0.1, -0.05) is 12.1 Å². The van der Waals surface area contributed by atoms with Gasteiger partial charge in [-0.3, -0.25) is 0 Å². The van der Waals surface area contributed by atoms with Crippen LogP contribution >= 0.6 is 0 Å². The number of aromatic nitrogens is 3. The molecule has 1 aromatic carbocycles. The summed E-state index contributed by atoms with van der Waals surface area (Å²) in [5.41, 5.74) is 16.1. The number of anilines is 1. The molecule has 4 N–H and O–H groups in total. The summed E-state index contributed by atoms with van der Waals surface area (Å²) in [6.45, 7) is 0. The second-order valence-corrected chi connectivity index (χ2v) is 8.99. The average Bonchev–Trinajstić information content (AvgIpc) is 3.05. The van der Waals surface area contributed by atoms with Crippen LogP contribution in [-0.4, -0.2) is 27.7 Å². The van der Waals surface area contributed by atoms with E-state index in [-0.39, 0.29) is 0 Å². The van der Waals surface area contributed by atoms with Gasteiger partial charge in [0.2, 0.25) is 0 Å². The number of methoxy groups -OCH3 is 1. The Labute approximate surface area is 171 Å². The molecular formula is C23H29N5O. The topological polar surface area (TPSA) is 92.0 Å². The van der Waals surface area contributed by atoms with Crippen LogP contribution in [-0.2, 0) is 7.05 Å². The maximum atomic E-state index is 6.47. The minimum atomic E-state index is 0.392. The lowest BCUT2D eigenvalue weighted by Crippen LogP contribution is -2.47. The number of fused-ring (bicyclic) bond motifs is 1. The first kappa shape index (κ1) is 18.4. The smallest absolute Gasteiger partial charge is 0.146 e. The standard InChI is InChI=1S/C23H29N5O/c1-28-13-18(14-3-5-17(29-2)6-4-14)19-20(25)26-21(27-22(19)28)15-7-9-23(10-8-15)11-16(24)12-23/h3-6,13,15-16H,7-12,24H2,1-2H3,(H2,25,26,27). The number of rotatable bonds is 3. The summed E-state index contributed by atoms with van der Waals surface area (Å²) in [4.78, 5) is 9.74. The Balaban J connectivity index is 1.47. The highest BCUT2D eigenvalue weighted by Crippen LogP contribution is 2.53. The van der Waals surface area contributed by atoms with Crippen LogP contribution in [0.1, 0.15) is 50.3 Å². The van der Waals surface area contributed by atoms with Gasteiger partial charge in [-0.2, -0.15) is 0 Å². The monoisotopic (exact) mass is 391 g/mol. The zero-order valence-electron chi connectivity index (χ0n) is 17.2. The van der Waals surface area contributed by atoms with Gasteiger partial charge in [0.15, 0.2) is 0 Å². The van der Waals surface area contributed by atoms with E-state index in [0.717, 1.165) is 46.6 Å². The van der Waals surface area contributed by atoms with Gasteiger partial charge >= 0.3 is 0 Å². The third-order valence-corrected chi connectivity index (χ3v) is 7.06. The van der Waals surface area contributed by atoms with Gasteiger partial charge in [-0.05, 0) is 61.6 Å². The number of nitrogens with zero attached hydrogens (tertiary/aromatic N) is 3. The lowest BCUT2D eigenvalue weighted by molar-refractivity contribution is 0.0474. The van der Waals surface area contributed by atoms with Gasteiger partial charge in [0, 0.05) is 30.8 Å². The van der Waals surface area contributed by atoms with Crippen molar-refractivity contribution in [3.05, 3.63) is 36.3 Å². The Hall–Kier alpha value is -2.60. The minimum absolute atomic E-state index is 0.392. The van der Waals surface area contributed by atoms with Crippen LogP contribution in [0, 0.1) is 5.41 Å². The number of hydrogen-bond donors (Lipinski definition) is 2. The molecule has 2 aliphatic carbocycles. The fourth-order valence-corrected chi connectivity index (χ4v) is 5.44. The van der Waals surface area contributed by atoms with Crippen molar-refractivity contribution in [3.63, 3.8) is 0 Å². The first-order valence-electron chi connectivity index (χ1n) is 10.5. The zero-order valence-corrected chi connectivity index (χ0v) is 17.2. The van der Waals surface area contributed by atoms with Gasteiger partial charge in [-0.25, -0.2) is 9.97 Å². The number of hydrogen-bond acceptors (Lipinski definition) is 5. The molecule has 29 heavy (non-hydrogen) atoms. The fraction of sp³-hybridized carbons (Fsp3) is 0.478. The molecule has 2 aromatic heterocycles. The van der Waals surface area contributed by atoms with Crippen LogP contribution in [0.15, 0.2) is 30.5 Å². The summed E-state index contributed by atoms with van der Waals surface area (Å²) in [7, 11) is 3.70. The van der Waals surface area contributed by atoms with E-state index >= 15 is 0 Å². The van der Waals surface area contributed by atoms with Crippen molar-refractivity contribution in [2.75, 3.05) is 12.8 Å². The molecule has 5 rings (SSSR count). The van der Waals surface area contributed by atoms with Crippen LogP contribution in [0.5, 0.6) is 5.75 Å². The van der Waals surface area contributed by atoms with Gasteiger partial charge < -0.3 is 20.8 Å². The van der Waals surface area contributed by atoms with Crippen LogP contribution in [0.4, 0.5) is 5.82 Å². The van der Waals surface area contributed by atoms with Crippen LogP contribution in [0.25, 0.3) is 22.2 Å². The van der Waals surface area contributed by atoms with Gasteiger partial charge in [0.05, 0.1) is 12.5 Å².